The molecule has 1 aliphatic rings. The second-order valence-electron chi connectivity index (χ2n) is 6.39. The van der Waals surface area contributed by atoms with Gasteiger partial charge in [-0.2, -0.15) is 0 Å². The van der Waals surface area contributed by atoms with Gasteiger partial charge in [-0.15, -0.1) is 0 Å². The summed E-state index contributed by atoms with van der Waals surface area (Å²) in [6.07, 6.45) is 5.24. The summed E-state index contributed by atoms with van der Waals surface area (Å²) in [5.74, 6) is 0. The molecule has 4 rings (SSSR count). The highest BCUT2D eigenvalue weighted by Crippen LogP contribution is 2.30. The van der Waals surface area contributed by atoms with Crippen LogP contribution in [0.1, 0.15) is 12.0 Å². The van der Waals surface area contributed by atoms with Gasteiger partial charge >= 0.3 is 6.03 Å². The molecular weight excluding hydrogens is 310 g/mol. The minimum Gasteiger partial charge on any atom is -0.350 e. The fourth-order valence-corrected chi connectivity index (χ4v) is 3.42. The Morgan fingerprint density at radius 3 is 2.56 bits per heavy atom. The third kappa shape index (κ3) is 3.03. The first-order valence-electron chi connectivity index (χ1n) is 8.57. The van der Waals surface area contributed by atoms with Crippen molar-refractivity contribution in [2.75, 3.05) is 18.4 Å². The Labute approximate surface area is 147 Å². The van der Waals surface area contributed by atoms with Gasteiger partial charge in [0.05, 0.1) is 0 Å². The Hall–Kier alpha value is -3.01. The van der Waals surface area contributed by atoms with Crippen molar-refractivity contribution in [1.29, 1.82) is 0 Å². The lowest BCUT2D eigenvalue weighted by Gasteiger charge is -2.26. The van der Waals surface area contributed by atoms with E-state index in [0.29, 0.717) is 6.54 Å². The number of rotatable bonds is 2. The molecule has 0 fully saturated rings. The summed E-state index contributed by atoms with van der Waals surface area (Å²) >= 11 is 0. The van der Waals surface area contributed by atoms with E-state index in [2.05, 4.69) is 53.5 Å². The van der Waals surface area contributed by atoms with Gasteiger partial charge in [-0.1, -0.05) is 42.5 Å². The molecule has 2 amide bonds. The Morgan fingerprint density at radius 1 is 1.04 bits per heavy atom. The highest BCUT2D eigenvalue weighted by atomic mass is 16.2. The first kappa shape index (κ1) is 15.5. The number of hydrogen-bond acceptors (Lipinski definition) is 1. The maximum Gasteiger partial charge on any atom is 0.322 e. The van der Waals surface area contributed by atoms with Crippen LogP contribution < -0.4 is 5.32 Å². The predicted molar refractivity (Wildman–Crippen MR) is 103 cm³/mol. The highest BCUT2D eigenvalue weighted by molar-refractivity contribution is 5.94. The van der Waals surface area contributed by atoms with Crippen LogP contribution in [0.2, 0.25) is 0 Å². The number of urea groups is 1. The van der Waals surface area contributed by atoms with Crippen molar-refractivity contribution >= 4 is 28.2 Å². The fourth-order valence-electron chi connectivity index (χ4n) is 3.42. The van der Waals surface area contributed by atoms with Gasteiger partial charge in [-0.25, -0.2) is 4.79 Å². The number of fused-ring (bicyclic) bond motifs is 1. The molecule has 0 bridgehead atoms. The summed E-state index contributed by atoms with van der Waals surface area (Å²) in [5.41, 5.74) is 4.67. The molecule has 25 heavy (non-hydrogen) atoms. The van der Waals surface area contributed by atoms with Gasteiger partial charge in [0.1, 0.15) is 0 Å². The molecule has 1 aromatic heterocycles. The van der Waals surface area contributed by atoms with Crippen molar-refractivity contribution in [2.24, 2.45) is 7.05 Å². The zero-order valence-electron chi connectivity index (χ0n) is 14.3. The lowest BCUT2D eigenvalue weighted by molar-refractivity contribution is 0.217. The van der Waals surface area contributed by atoms with Crippen LogP contribution >= 0.6 is 0 Å². The van der Waals surface area contributed by atoms with Crippen molar-refractivity contribution in [3.05, 3.63) is 72.4 Å². The van der Waals surface area contributed by atoms with E-state index in [4.69, 9.17) is 0 Å². The summed E-state index contributed by atoms with van der Waals surface area (Å²) in [5, 5.41) is 4.23. The minimum absolute atomic E-state index is 0.0422. The highest BCUT2D eigenvalue weighted by Gasteiger charge is 2.19. The van der Waals surface area contributed by atoms with Crippen LogP contribution in [0.4, 0.5) is 10.5 Å². The van der Waals surface area contributed by atoms with Gasteiger partial charge in [-0.3, -0.25) is 0 Å². The van der Waals surface area contributed by atoms with E-state index in [0.717, 1.165) is 18.7 Å². The molecule has 3 aromatic rings. The molecule has 4 nitrogen and oxygen atoms in total. The lowest BCUT2D eigenvalue weighted by Crippen LogP contribution is -2.37. The molecule has 4 heteroatoms. The topological polar surface area (TPSA) is 37.3 Å². The number of nitrogens with one attached hydrogen (secondary N) is 1. The zero-order chi connectivity index (χ0) is 17.2. The van der Waals surface area contributed by atoms with Gasteiger partial charge in [0.15, 0.2) is 0 Å². The van der Waals surface area contributed by atoms with Crippen molar-refractivity contribution in [3.63, 3.8) is 0 Å². The van der Waals surface area contributed by atoms with Crippen molar-refractivity contribution in [1.82, 2.24) is 9.47 Å². The lowest BCUT2D eigenvalue weighted by atomic mass is 9.99. The number of para-hydroxylation sites is 2. The van der Waals surface area contributed by atoms with Gasteiger partial charge < -0.3 is 14.8 Å². The molecule has 1 aliphatic heterocycles. The largest absolute Gasteiger partial charge is 0.350 e. The Kier molecular flexibility index (Phi) is 4.02. The van der Waals surface area contributed by atoms with Crippen molar-refractivity contribution < 1.29 is 4.79 Å². The number of nitrogens with zero attached hydrogens (tertiary/aromatic N) is 2. The van der Waals surface area contributed by atoms with E-state index in [1.54, 1.807) is 0 Å². The molecule has 0 radical (unpaired) electrons. The second kappa shape index (κ2) is 6.48. The maximum absolute atomic E-state index is 12.4. The van der Waals surface area contributed by atoms with E-state index in [1.807, 2.05) is 35.2 Å². The number of hydrogen-bond donors (Lipinski definition) is 1. The van der Waals surface area contributed by atoms with Gasteiger partial charge in [0.2, 0.25) is 0 Å². The number of amides is 2. The van der Waals surface area contributed by atoms with Crippen LogP contribution in [0, 0.1) is 0 Å². The fraction of sp³-hybridized carbons (Fsp3) is 0.190. The quantitative estimate of drug-likeness (QED) is 0.737. The van der Waals surface area contributed by atoms with Gasteiger partial charge in [0.25, 0.3) is 0 Å². The predicted octanol–water partition coefficient (Wildman–Crippen LogP) is 4.50. The average Bonchev–Trinajstić information content (AvgIpc) is 3.00. The van der Waals surface area contributed by atoms with Gasteiger partial charge in [-0.05, 0) is 30.2 Å². The third-order valence-electron chi connectivity index (χ3n) is 4.76. The second-order valence-corrected chi connectivity index (χ2v) is 6.39. The molecule has 0 spiro atoms. The van der Waals surface area contributed by atoms with Crippen LogP contribution in [0.3, 0.4) is 0 Å². The molecule has 126 valence electrons. The van der Waals surface area contributed by atoms with Crippen molar-refractivity contribution in [3.8, 4) is 0 Å². The van der Waals surface area contributed by atoms with Crippen LogP contribution in [-0.2, 0) is 7.05 Å². The normalized spacial score (nSPS) is 14.4. The zero-order valence-corrected chi connectivity index (χ0v) is 14.3. The maximum atomic E-state index is 12.4. The Balaban J connectivity index is 1.51. The number of carbonyl (C=O) groups is 1. The van der Waals surface area contributed by atoms with E-state index < -0.39 is 0 Å². The van der Waals surface area contributed by atoms with E-state index in [1.165, 1.54) is 22.0 Å². The summed E-state index contributed by atoms with van der Waals surface area (Å²) < 4.78 is 2.17. The first-order valence-corrected chi connectivity index (χ1v) is 8.57. The standard InChI is InChI=1S/C21H21N3O/c1-23-15-19(18-9-5-6-10-20(18)23)16-11-13-24(14-12-16)21(25)22-17-7-3-2-4-8-17/h2-11,15H,12-14H2,1H3,(H,22,25). The van der Waals surface area contributed by atoms with Crippen LogP contribution in [0.15, 0.2) is 66.9 Å². The molecule has 0 saturated carbocycles. The number of aryl methyl sites for hydroxylation is 1. The van der Waals surface area contributed by atoms with E-state index in [9.17, 15) is 4.79 Å². The number of anilines is 1. The Morgan fingerprint density at radius 2 is 1.80 bits per heavy atom. The van der Waals surface area contributed by atoms with E-state index >= 15 is 0 Å². The van der Waals surface area contributed by atoms with E-state index in [-0.39, 0.29) is 6.03 Å². The molecular formula is C21H21N3O. The third-order valence-corrected chi connectivity index (χ3v) is 4.76. The monoisotopic (exact) mass is 331 g/mol. The number of benzene rings is 2. The SMILES string of the molecule is Cn1cc(C2=CCN(C(=O)Nc3ccccc3)CC2)c2ccccc21. The minimum atomic E-state index is -0.0422. The smallest absolute Gasteiger partial charge is 0.322 e. The molecule has 1 N–H and O–H groups in total. The summed E-state index contributed by atoms with van der Waals surface area (Å²) in [4.78, 5) is 14.3. The molecule has 0 unspecified atom stereocenters. The average molecular weight is 331 g/mol. The van der Waals surface area contributed by atoms with Crippen LogP contribution in [0.25, 0.3) is 16.5 Å². The summed E-state index contributed by atoms with van der Waals surface area (Å²) in [7, 11) is 2.08. The molecule has 2 heterocycles. The van der Waals surface area contributed by atoms with Crippen LogP contribution in [0.5, 0.6) is 0 Å². The first-order chi connectivity index (χ1) is 12.2. The molecule has 0 saturated heterocycles. The molecule has 2 aromatic carbocycles. The van der Waals surface area contributed by atoms with Crippen LogP contribution in [-0.4, -0.2) is 28.6 Å². The molecule has 0 atom stereocenters. The molecule has 0 aliphatic carbocycles. The number of carbonyl (C=O) groups excluding carboxylic acids is 1. The number of aromatic nitrogens is 1. The summed E-state index contributed by atoms with van der Waals surface area (Å²) in [6, 6.07) is 18.0. The Bertz CT molecular complexity index is 940. The summed E-state index contributed by atoms with van der Waals surface area (Å²) in [6.45, 7) is 1.37. The van der Waals surface area contributed by atoms with Crippen molar-refractivity contribution in [2.45, 2.75) is 6.42 Å². The van der Waals surface area contributed by atoms with Gasteiger partial charge in [0, 0.05) is 48.5 Å².